The first-order valence-electron chi connectivity index (χ1n) is 3.14. The largest absolute Gasteiger partial charge is 0.458 e. The third-order valence-electron chi connectivity index (χ3n) is 1.06. The van der Waals surface area contributed by atoms with E-state index in [0.717, 1.165) is 0 Å². The highest BCUT2D eigenvalue weighted by atomic mass is 35.6. The van der Waals surface area contributed by atoms with Gasteiger partial charge >= 0.3 is 5.97 Å². The molecular formula is C6H9Cl3O2. The van der Waals surface area contributed by atoms with Crippen LogP contribution >= 0.6 is 34.8 Å². The lowest BCUT2D eigenvalue weighted by Crippen LogP contribution is -2.27. The van der Waals surface area contributed by atoms with E-state index in [2.05, 4.69) is 0 Å². The number of esters is 1. The molecule has 0 heterocycles. The molecule has 0 aromatic heterocycles. The highest BCUT2D eigenvalue weighted by molar-refractivity contribution is 6.68. The summed E-state index contributed by atoms with van der Waals surface area (Å²) >= 11 is 16.3. The summed E-state index contributed by atoms with van der Waals surface area (Å²) < 4.78 is 3.19. The summed E-state index contributed by atoms with van der Waals surface area (Å²) in [4.78, 5) is 10.7. The van der Waals surface area contributed by atoms with Crippen LogP contribution in [0.5, 0.6) is 0 Å². The maximum absolute atomic E-state index is 10.7. The molecule has 0 rings (SSSR count). The third kappa shape index (κ3) is 4.72. The summed E-state index contributed by atoms with van der Waals surface area (Å²) in [7, 11) is 0. The Bertz CT molecular complexity index is 141. The smallest absolute Gasteiger partial charge is 0.305 e. The molecule has 0 saturated heterocycles. The molecule has 0 N–H and O–H groups in total. The normalized spacial score (nSPS) is 14.3. The number of ether oxygens (including phenoxy) is 1. The summed E-state index contributed by atoms with van der Waals surface area (Å²) in [5, 5.41) is 0. The van der Waals surface area contributed by atoms with Gasteiger partial charge in [-0.15, -0.1) is 0 Å². The van der Waals surface area contributed by atoms with Crippen LogP contribution in [0.25, 0.3) is 0 Å². The molecule has 0 aliphatic heterocycles. The van der Waals surface area contributed by atoms with E-state index in [1.54, 1.807) is 6.92 Å². The van der Waals surface area contributed by atoms with Gasteiger partial charge in [-0.3, -0.25) is 4.79 Å². The van der Waals surface area contributed by atoms with Gasteiger partial charge in [-0.05, 0) is 6.92 Å². The molecule has 1 unspecified atom stereocenters. The standard InChI is InChI=1S/C6H9Cl3O2/c1-3-5(10)11-4(2)6(7,8)9/h4H,3H2,1-2H3. The predicted molar refractivity (Wildman–Crippen MR) is 46.1 cm³/mol. The van der Waals surface area contributed by atoms with Crippen molar-refractivity contribution >= 4 is 40.8 Å². The predicted octanol–water partition coefficient (Wildman–Crippen LogP) is 2.70. The van der Waals surface area contributed by atoms with E-state index in [-0.39, 0.29) is 12.4 Å². The van der Waals surface area contributed by atoms with Gasteiger partial charge in [-0.2, -0.15) is 0 Å². The number of carbonyl (C=O) groups is 1. The molecular weight excluding hydrogens is 210 g/mol. The second-order valence-electron chi connectivity index (χ2n) is 2.03. The molecule has 0 aliphatic rings. The molecule has 66 valence electrons. The van der Waals surface area contributed by atoms with Crippen molar-refractivity contribution < 1.29 is 9.53 Å². The number of hydrogen-bond acceptors (Lipinski definition) is 2. The summed E-state index contributed by atoms with van der Waals surface area (Å²) in [5.41, 5.74) is 0. The average Bonchev–Trinajstić information content (AvgIpc) is 1.85. The topological polar surface area (TPSA) is 26.3 Å². The van der Waals surface area contributed by atoms with Crippen LogP contribution in [0.1, 0.15) is 20.3 Å². The zero-order valence-electron chi connectivity index (χ0n) is 6.23. The zero-order valence-corrected chi connectivity index (χ0v) is 8.50. The highest BCUT2D eigenvalue weighted by Gasteiger charge is 2.31. The first-order valence-corrected chi connectivity index (χ1v) is 4.27. The molecule has 0 fully saturated rings. The van der Waals surface area contributed by atoms with Gasteiger partial charge in [0, 0.05) is 6.42 Å². The Balaban J connectivity index is 3.87. The van der Waals surface area contributed by atoms with Crippen molar-refractivity contribution in [3.05, 3.63) is 0 Å². The zero-order chi connectivity index (χ0) is 9.07. The lowest BCUT2D eigenvalue weighted by atomic mass is 10.4. The monoisotopic (exact) mass is 218 g/mol. The van der Waals surface area contributed by atoms with Crippen LogP contribution in [-0.4, -0.2) is 15.9 Å². The Labute approximate surface area is 80.7 Å². The Kier molecular flexibility index (Phi) is 4.52. The van der Waals surface area contributed by atoms with Gasteiger partial charge in [0.05, 0.1) is 0 Å². The van der Waals surface area contributed by atoms with Gasteiger partial charge in [-0.25, -0.2) is 0 Å². The van der Waals surface area contributed by atoms with Crippen molar-refractivity contribution in [1.29, 1.82) is 0 Å². The molecule has 0 radical (unpaired) electrons. The number of rotatable bonds is 2. The molecule has 11 heavy (non-hydrogen) atoms. The van der Waals surface area contributed by atoms with Crippen molar-refractivity contribution in [2.45, 2.75) is 30.2 Å². The summed E-state index contributed by atoms with van der Waals surface area (Å²) in [6.07, 6.45) is -0.426. The lowest BCUT2D eigenvalue weighted by molar-refractivity contribution is -0.147. The quantitative estimate of drug-likeness (QED) is 0.527. The van der Waals surface area contributed by atoms with E-state index in [1.165, 1.54) is 6.92 Å². The Morgan fingerprint density at radius 2 is 2.00 bits per heavy atom. The Morgan fingerprint density at radius 3 is 2.27 bits per heavy atom. The molecule has 0 saturated carbocycles. The van der Waals surface area contributed by atoms with Crippen LogP contribution in [0.2, 0.25) is 0 Å². The minimum absolute atomic E-state index is 0.283. The van der Waals surface area contributed by atoms with Gasteiger partial charge in [0.2, 0.25) is 3.79 Å². The number of halogens is 3. The van der Waals surface area contributed by atoms with E-state index in [0.29, 0.717) is 0 Å². The first kappa shape index (κ1) is 11.3. The SMILES string of the molecule is CCC(=O)OC(C)C(Cl)(Cl)Cl. The van der Waals surface area contributed by atoms with Crippen LogP contribution < -0.4 is 0 Å². The van der Waals surface area contributed by atoms with Crippen molar-refractivity contribution in [2.75, 3.05) is 0 Å². The average molecular weight is 219 g/mol. The molecule has 0 aliphatic carbocycles. The highest BCUT2D eigenvalue weighted by Crippen LogP contribution is 2.31. The van der Waals surface area contributed by atoms with E-state index < -0.39 is 9.90 Å². The molecule has 1 atom stereocenters. The van der Waals surface area contributed by atoms with Crippen molar-refractivity contribution in [2.24, 2.45) is 0 Å². The molecule has 0 aromatic rings. The Hall–Kier alpha value is 0.340. The maximum Gasteiger partial charge on any atom is 0.305 e. The lowest BCUT2D eigenvalue weighted by Gasteiger charge is -2.19. The molecule has 0 bridgehead atoms. The second-order valence-corrected chi connectivity index (χ2v) is 4.40. The van der Waals surface area contributed by atoms with Crippen molar-refractivity contribution in [3.63, 3.8) is 0 Å². The van der Waals surface area contributed by atoms with Crippen molar-refractivity contribution in [3.8, 4) is 0 Å². The summed E-state index contributed by atoms with van der Waals surface area (Å²) in [6, 6.07) is 0. The minimum atomic E-state index is -1.54. The van der Waals surface area contributed by atoms with Gasteiger partial charge in [-0.1, -0.05) is 41.7 Å². The number of carbonyl (C=O) groups excluding carboxylic acids is 1. The fourth-order valence-corrected chi connectivity index (χ4v) is 0.481. The molecule has 5 heteroatoms. The third-order valence-corrected chi connectivity index (χ3v) is 1.98. The molecule has 0 aromatic carbocycles. The number of alkyl halides is 3. The summed E-state index contributed by atoms with van der Waals surface area (Å²) in [5.74, 6) is -0.371. The van der Waals surface area contributed by atoms with E-state index in [1.807, 2.05) is 0 Å². The fourth-order valence-electron chi connectivity index (χ4n) is 0.347. The second kappa shape index (κ2) is 4.39. The van der Waals surface area contributed by atoms with Crippen LogP contribution in [0.4, 0.5) is 0 Å². The molecule has 2 nitrogen and oxygen atoms in total. The van der Waals surface area contributed by atoms with E-state index >= 15 is 0 Å². The van der Waals surface area contributed by atoms with Crippen LogP contribution in [-0.2, 0) is 9.53 Å². The number of hydrogen-bond donors (Lipinski definition) is 0. The van der Waals surface area contributed by atoms with Gasteiger partial charge < -0.3 is 4.74 Å². The van der Waals surface area contributed by atoms with Crippen LogP contribution in [0, 0.1) is 0 Å². The van der Waals surface area contributed by atoms with Crippen LogP contribution in [0.15, 0.2) is 0 Å². The maximum atomic E-state index is 10.7. The van der Waals surface area contributed by atoms with Gasteiger partial charge in [0.25, 0.3) is 0 Å². The first-order chi connectivity index (χ1) is 4.88. The fraction of sp³-hybridized carbons (Fsp3) is 0.833. The minimum Gasteiger partial charge on any atom is -0.458 e. The Morgan fingerprint density at radius 1 is 1.55 bits per heavy atom. The van der Waals surface area contributed by atoms with Gasteiger partial charge in [0.15, 0.2) is 0 Å². The molecule has 0 spiro atoms. The van der Waals surface area contributed by atoms with Crippen LogP contribution in [0.3, 0.4) is 0 Å². The van der Waals surface area contributed by atoms with E-state index in [4.69, 9.17) is 39.5 Å². The molecule has 0 amide bonds. The van der Waals surface area contributed by atoms with Gasteiger partial charge in [0.1, 0.15) is 6.10 Å². The van der Waals surface area contributed by atoms with Crippen molar-refractivity contribution in [1.82, 2.24) is 0 Å². The van der Waals surface area contributed by atoms with E-state index in [9.17, 15) is 4.79 Å². The summed E-state index contributed by atoms with van der Waals surface area (Å²) in [6.45, 7) is 3.20.